The van der Waals surface area contributed by atoms with Gasteiger partial charge in [0.05, 0.1) is 6.54 Å². The summed E-state index contributed by atoms with van der Waals surface area (Å²) in [5, 5.41) is 3.44. The van der Waals surface area contributed by atoms with Gasteiger partial charge in [-0.25, -0.2) is 9.97 Å². The minimum absolute atomic E-state index is 0. The van der Waals surface area contributed by atoms with E-state index in [-0.39, 0.29) is 29.9 Å². The van der Waals surface area contributed by atoms with Crippen LogP contribution in [-0.4, -0.2) is 84.0 Å². The third-order valence-electron chi connectivity index (χ3n) is 6.79. The summed E-state index contributed by atoms with van der Waals surface area (Å²) in [5.74, 6) is 1.92. The Hall–Kier alpha value is -1.65. The van der Waals surface area contributed by atoms with Crippen molar-refractivity contribution < 1.29 is 4.79 Å². The van der Waals surface area contributed by atoms with Crippen molar-refractivity contribution in [3.05, 3.63) is 18.5 Å². The second-order valence-electron chi connectivity index (χ2n) is 8.78. The number of halogens is 1. The summed E-state index contributed by atoms with van der Waals surface area (Å²) in [6.07, 6.45) is 10.7. The van der Waals surface area contributed by atoms with Crippen molar-refractivity contribution in [3.8, 4) is 0 Å². The number of guanidine groups is 1. The van der Waals surface area contributed by atoms with E-state index in [1.807, 2.05) is 11.0 Å². The number of aromatic nitrogens is 2. The first-order chi connectivity index (χ1) is 14.7. The van der Waals surface area contributed by atoms with Gasteiger partial charge in [-0.1, -0.05) is 12.8 Å². The van der Waals surface area contributed by atoms with Crippen LogP contribution >= 0.6 is 24.0 Å². The molecule has 31 heavy (non-hydrogen) atoms. The van der Waals surface area contributed by atoms with Gasteiger partial charge in [0.25, 0.3) is 0 Å². The predicted octanol–water partition coefficient (Wildman–Crippen LogP) is 2.36. The van der Waals surface area contributed by atoms with Gasteiger partial charge in [-0.3, -0.25) is 9.79 Å². The summed E-state index contributed by atoms with van der Waals surface area (Å²) < 4.78 is 0. The Balaban J connectivity index is 0.00000272. The number of anilines is 1. The Morgan fingerprint density at radius 3 is 2.45 bits per heavy atom. The van der Waals surface area contributed by atoms with E-state index < -0.39 is 0 Å². The molecule has 2 saturated heterocycles. The predicted molar refractivity (Wildman–Crippen MR) is 134 cm³/mol. The van der Waals surface area contributed by atoms with E-state index in [4.69, 9.17) is 4.99 Å². The number of likely N-dealkylation sites (tertiary alicyclic amines) is 1. The van der Waals surface area contributed by atoms with Gasteiger partial charge in [0.2, 0.25) is 11.9 Å². The molecule has 8 nitrogen and oxygen atoms in total. The molecule has 1 amide bonds. The molecular weight excluding hydrogens is 505 g/mol. The van der Waals surface area contributed by atoms with Gasteiger partial charge in [-0.15, -0.1) is 24.0 Å². The lowest BCUT2D eigenvalue weighted by Crippen LogP contribution is -2.49. The summed E-state index contributed by atoms with van der Waals surface area (Å²) >= 11 is 0. The lowest BCUT2D eigenvalue weighted by molar-refractivity contribution is -0.131. The van der Waals surface area contributed by atoms with Crippen molar-refractivity contribution in [2.45, 2.75) is 45.4 Å². The molecule has 1 saturated carbocycles. The van der Waals surface area contributed by atoms with Crippen LogP contribution in [0.5, 0.6) is 0 Å². The molecule has 3 fully saturated rings. The lowest BCUT2D eigenvalue weighted by atomic mass is 9.86. The smallest absolute Gasteiger partial charge is 0.225 e. The Morgan fingerprint density at radius 2 is 1.77 bits per heavy atom. The molecule has 1 aliphatic carbocycles. The Bertz CT molecular complexity index is 731. The molecule has 0 bridgehead atoms. The quantitative estimate of drug-likeness (QED) is 0.351. The van der Waals surface area contributed by atoms with Crippen LogP contribution in [0.3, 0.4) is 0 Å². The van der Waals surface area contributed by atoms with Crippen LogP contribution in [0, 0.1) is 5.41 Å². The van der Waals surface area contributed by atoms with Crippen LogP contribution in [0.4, 0.5) is 5.95 Å². The van der Waals surface area contributed by atoms with E-state index in [2.05, 4.69) is 32.0 Å². The highest BCUT2D eigenvalue weighted by Crippen LogP contribution is 2.45. The van der Waals surface area contributed by atoms with Crippen molar-refractivity contribution in [1.82, 2.24) is 25.1 Å². The zero-order valence-electron chi connectivity index (χ0n) is 18.6. The third-order valence-corrected chi connectivity index (χ3v) is 6.79. The Kier molecular flexibility index (Phi) is 8.74. The van der Waals surface area contributed by atoms with Crippen LogP contribution in [0.2, 0.25) is 0 Å². The number of amides is 1. The molecule has 3 aliphatic rings. The molecule has 9 heteroatoms. The molecule has 1 aromatic heterocycles. The van der Waals surface area contributed by atoms with Crippen molar-refractivity contribution in [2.75, 3.05) is 57.3 Å². The summed E-state index contributed by atoms with van der Waals surface area (Å²) in [6, 6.07) is 1.82. The normalized spacial score (nSPS) is 20.8. The Labute approximate surface area is 202 Å². The summed E-state index contributed by atoms with van der Waals surface area (Å²) in [5.41, 5.74) is 0.522. The standard InChI is InChI=1S/C22H35N7O.HI/c1-2-23-20(29-13-9-22(18-29)7-3-4-8-22)26-12-6-19(30)27-14-16-28(17-15-27)21-24-10-5-11-25-21;/h5,10-11H,2-4,6-9,12-18H2,1H3,(H,23,26);1H. The maximum atomic E-state index is 12.7. The van der Waals surface area contributed by atoms with Gasteiger partial charge in [0.15, 0.2) is 5.96 Å². The van der Waals surface area contributed by atoms with Crippen LogP contribution in [-0.2, 0) is 4.79 Å². The number of piperazine rings is 1. The van der Waals surface area contributed by atoms with Crippen LogP contribution in [0.25, 0.3) is 0 Å². The van der Waals surface area contributed by atoms with Crippen molar-refractivity contribution >= 4 is 41.8 Å². The number of nitrogens with zero attached hydrogens (tertiary/aromatic N) is 6. The highest BCUT2D eigenvalue weighted by molar-refractivity contribution is 14.0. The molecule has 3 heterocycles. The number of hydrogen-bond acceptors (Lipinski definition) is 5. The van der Waals surface area contributed by atoms with Crippen molar-refractivity contribution in [1.29, 1.82) is 0 Å². The monoisotopic (exact) mass is 541 g/mol. The molecule has 1 spiro atoms. The molecule has 2 aliphatic heterocycles. The zero-order chi connectivity index (χ0) is 20.8. The molecule has 172 valence electrons. The highest BCUT2D eigenvalue weighted by atomic mass is 127. The van der Waals surface area contributed by atoms with E-state index in [0.29, 0.717) is 18.4 Å². The fraction of sp³-hybridized carbons (Fsp3) is 0.727. The zero-order valence-corrected chi connectivity index (χ0v) is 21.0. The third kappa shape index (κ3) is 5.98. The van der Waals surface area contributed by atoms with E-state index >= 15 is 0 Å². The second kappa shape index (κ2) is 11.3. The van der Waals surface area contributed by atoms with Crippen LogP contribution < -0.4 is 10.2 Å². The first-order valence-electron chi connectivity index (χ1n) is 11.5. The van der Waals surface area contributed by atoms with Crippen molar-refractivity contribution in [3.63, 3.8) is 0 Å². The minimum atomic E-state index is 0. The fourth-order valence-electron chi connectivity index (χ4n) is 5.10. The van der Waals surface area contributed by atoms with E-state index in [1.165, 1.54) is 32.1 Å². The van der Waals surface area contributed by atoms with Crippen LogP contribution in [0.1, 0.15) is 45.4 Å². The first-order valence-corrected chi connectivity index (χ1v) is 11.5. The lowest BCUT2D eigenvalue weighted by Gasteiger charge is -2.34. The summed E-state index contributed by atoms with van der Waals surface area (Å²) in [6.45, 7) is 8.71. The molecular formula is C22H36IN7O. The van der Waals surface area contributed by atoms with Gasteiger partial charge in [-0.05, 0) is 37.7 Å². The number of hydrogen-bond donors (Lipinski definition) is 1. The van der Waals surface area contributed by atoms with Gasteiger partial charge in [0.1, 0.15) is 0 Å². The molecule has 0 atom stereocenters. The van der Waals surface area contributed by atoms with E-state index in [0.717, 1.165) is 57.7 Å². The van der Waals surface area contributed by atoms with Gasteiger partial charge in [0, 0.05) is 64.6 Å². The average molecular weight is 541 g/mol. The van der Waals surface area contributed by atoms with E-state index in [9.17, 15) is 4.79 Å². The second-order valence-corrected chi connectivity index (χ2v) is 8.78. The van der Waals surface area contributed by atoms with Crippen molar-refractivity contribution in [2.24, 2.45) is 10.4 Å². The van der Waals surface area contributed by atoms with E-state index in [1.54, 1.807) is 12.4 Å². The van der Waals surface area contributed by atoms with Gasteiger partial charge < -0.3 is 20.0 Å². The molecule has 4 rings (SSSR count). The summed E-state index contributed by atoms with van der Waals surface area (Å²) in [7, 11) is 0. The SMILES string of the molecule is CCNC(=NCCC(=O)N1CCN(c2ncccn2)CC1)N1CCC2(CCCC2)C1.I. The number of carbonyl (C=O) groups is 1. The number of rotatable bonds is 5. The van der Waals surface area contributed by atoms with Crippen LogP contribution in [0.15, 0.2) is 23.5 Å². The summed E-state index contributed by atoms with van der Waals surface area (Å²) in [4.78, 5) is 32.6. The molecule has 0 unspecified atom stereocenters. The fourth-order valence-corrected chi connectivity index (χ4v) is 5.10. The molecule has 0 radical (unpaired) electrons. The van der Waals surface area contributed by atoms with Gasteiger partial charge in [-0.2, -0.15) is 0 Å². The molecule has 0 aromatic carbocycles. The largest absolute Gasteiger partial charge is 0.357 e. The average Bonchev–Trinajstić information content (AvgIpc) is 3.43. The maximum Gasteiger partial charge on any atom is 0.225 e. The highest BCUT2D eigenvalue weighted by Gasteiger charge is 2.41. The number of aliphatic imine (C=N–C) groups is 1. The molecule has 1 N–H and O–H groups in total. The number of carbonyl (C=O) groups excluding carboxylic acids is 1. The molecule has 1 aromatic rings. The topological polar surface area (TPSA) is 77.0 Å². The Morgan fingerprint density at radius 1 is 1.06 bits per heavy atom. The first kappa shape index (κ1) is 24.0. The minimum Gasteiger partial charge on any atom is -0.357 e. The number of nitrogens with one attached hydrogen (secondary N) is 1. The maximum absolute atomic E-state index is 12.7. The van der Waals surface area contributed by atoms with Gasteiger partial charge >= 0.3 is 0 Å².